The van der Waals surface area contributed by atoms with Crippen molar-refractivity contribution in [1.29, 1.82) is 0 Å². The highest BCUT2D eigenvalue weighted by atomic mass is 35.5. The van der Waals surface area contributed by atoms with E-state index in [0.717, 1.165) is 0 Å². The first-order chi connectivity index (χ1) is 10.2. The molecular weight excluding hydrogens is 326 g/mol. The molecule has 122 valence electrons. The molecule has 0 aliphatic carbocycles. The Morgan fingerprint density at radius 1 is 1.32 bits per heavy atom. The standard InChI is InChI=1S/C15H20ClNO4S/c1-15(2,21-13-5-3-4-11(16)10-13)14(18)17-12-6-8-22(19,20)9-7-12/h3-5,10,12H,6-9H2,1-2H3,(H,17,18). The van der Waals surface area contributed by atoms with E-state index in [4.69, 9.17) is 16.3 Å². The second-order valence-corrected chi connectivity index (χ2v) is 8.71. The van der Waals surface area contributed by atoms with Crippen molar-refractivity contribution in [2.24, 2.45) is 0 Å². The number of nitrogens with one attached hydrogen (secondary N) is 1. The lowest BCUT2D eigenvalue weighted by atomic mass is 10.1. The molecule has 0 bridgehead atoms. The predicted octanol–water partition coefficient (Wildman–Crippen LogP) is 2.19. The number of hydrogen-bond acceptors (Lipinski definition) is 4. The van der Waals surface area contributed by atoms with Gasteiger partial charge in [-0.25, -0.2) is 8.42 Å². The van der Waals surface area contributed by atoms with Crippen molar-refractivity contribution in [1.82, 2.24) is 5.32 Å². The first kappa shape index (κ1) is 17.1. The number of ether oxygens (including phenoxy) is 1. The molecule has 0 atom stereocenters. The van der Waals surface area contributed by atoms with Crippen LogP contribution in [0.5, 0.6) is 5.75 Å². The number of halogens is 1. The summed E-state index contributed by atoms with van der Waals surface area (Å²) in [4.78, 5) is 12.4. The molecule has 0 saturated carbocycles. The van der Waals surface area contributed by atoms with Gasteiger partial charge in [0.1, 0.15) is 15.6 Å². The van der Waals surface area contributed by atoms with Crippen LogP contribution >= 0.6 is 11.6 Å². The van der Waals surface area contributed by atoms with Crippen LogP contribution in [0.15, 0.2) is 24.3 Å². The summed E-state index contributed by atoms with van der Waals surface area (Å²) in [5.41, 5.74) is -1.07. The zero-order valence-electron chi connectivity index (χ0n) is 12.6. The van der Waals surface area contributed by atoms with Gasteiger partial charge in [-0.3, -0.25) is 4.79 Å². The lowest BCUT2D eigenvalue weighted by Crippen LogP contribution is -2.51. The van der Waals surface area contributed by atoms with Crippen LogP contribution in [-0.4, -0.2) is 37.5 Å². The van der Waals surface area contributed by atoms with Gasteiger partial charge >= 0.3 is 0 Å². The molecule has 5 nitrogen and oxygen atoms in total. The molecule has 2 rings (SSSR count). The van der Waals surface area contributed by atoms with Crippen LogP contribution in [0.3, 0.4) is 0 Å². The van der Waals surface area contributed by atoms with Gasteiger partial charge in [0.05, 0.1) is 11.5 Å². The van der Waals surface area contributed by atoms with Crippen molar-refractivity contribution in [3.05, 3.63) is 29.3 Å². The fourth-order valence-corrected chi connectivity index (χ4v) is 3.94. The summed E-state index contributed by atoms with van der Waals surface area (Å²) in [6.07, 6.45) is 0.892. The van der Waals surface area contributed by atoms with Crippen molar-refractivity contribution in [3.8, 4) is 5.75 Å². The Morgan fingerprint density at radius 2 is 1.95 bits per heavy atom. The molecule has 7 heteroatoms. The van der Waals surface area contributed by atoms with Crippen LogP contribution in [0, 0.1) is 0 Å². The minimum Gasteiger partial charge on any atom is -0.478 e. The zero-order chi connectivity index (χ0) is 16.4. The van der Waals surface area contributed by atoms with Gasteiger partial charge in [-0.15, -0.1) is 0 Å². The lowest BCUT2D eigenvalue weighted by Gasteiger charge is -2.29. The number of rotatable bonds is 4. The fraction of sp³-hybridized carbons (Fsp3) is 0.533. The molecule has 1 aliphatic heterocycles. The normalized spacial score (nSPS) is 18.7. The molecule has 1 saturated heterocycles. The number of benzene rings is 1. The van der Waals surface area contributed by atoms with Gasteiger partial charge < -0.3 is 10.1 Å². The van der Waals surface area contributed by atoms with E-state index in [-0.39, 0.29) is 23.5 Å². The van der Waals surface area contributed by atoms with Gasteiger partial charge in [-0.05, 0) is 44.9 Å². The summed E-state index contributed by atoms with van der Waals surface area (Å²) in [7, 11) is -2.94. The highest BCUT2D eigenvalue weighted by Crippen LogP contribution is 2.23. The van der Waals surface area contributed by atoms with Gasteiger partial charge in [-0.2, -0.15) is 0 Å². The van der Waals surface area contributed by atoms with Gasteiger partial charge in [0.2, 0.25) is 0 Å². The van der Waals surface area contributed by atoms with Crippen LogP contribution < -0.4 is 10.1 Å². The van der Waals surface area contributed by atoms with Crippen LogP contribution in [0.2, 0.25) is 5.02 Å². The summed E-state index contributed by atoms with van der Waals surface area (Å²) < 4.78 is 28.5. The molecule has 1 aliphatic rings. The van der Waals surface area contributed by atoms with E-state index in [1.807, 2.05) is 0 Å². The summed E-state index contributed by atoms with van der Waals surface area (Å²) >= 11 is 5.90. The summed E-state index contributed by atoms with van der Waals surface area (Å²) in [6, 6.07) is 6.72. The molecule has 1 amide bonds. The SMILES string of the molecule is CC(C)(Oc1cccc(Cl)c1)C(=O)NC1CCS(=O)(=O)CC1. The van der Waals surface area contributed by atoms with Crippen molar-refractivity contribution >= 4 is 27.3 Å². The minimum atomic E-state index is -2.94. The minimum absolute atomic E-state index is 0.119. The average molecular weight is 346 g/mol. The van der Waals surface area contributed by atoms with E-state index in [0.29, 0.717) is 23.6 Å². The Morgan fingerprint density at radius 3 is 2.55 bits per heavy atom. The van der Waals surface area contributed by atoms with Crippen LogP contribution in [0.25, 0.3) is 0 Å². The van der Waals surface area contributed by atoms with Crippen molar-refractivity contribution in [3.63, 3.8) is 0 Å². The van der Waals surface area contributed by atoms with E-state index in [9.17, 15) is 13.2 Å². The summed E-state index contributed by atoms with van der Waals surface area (Å²) in [5.74, 6) is 0.483. The van der Waals surface area contributed by atoms with Gasteiger partial charge in [-0.1, -0.05) is 17.7 Å². The van der Waals surface area contributed by atoms with E-state index in [2.05, 4.69) is 5.32 Å². The third kappa shape index (κ3) is 4.61. The Hall–Kier alpha value is -1.27. The number of carbonyl (C=O) groups is 1. The Balaban J connectivity index is 1.96. The molecular formula is C15H20ClNO4S. The van der Waals surface area contributed by atoms with Gasteiger partial charge in [0.25, 0.3) is 5.91 Å². The first-order valence-electron chi connectivity index (χ1n) is 7.14. The van der Waals surface area contributed by atoms with Crippen molar-refractivity contribution in [2.45, 2.75) is 38.3 Å². The quantitative estimate of drug-likeness (QED) is 0.907. The highest BCUT2D eigenvalue weighted by Gasteiger charge is 2.33. The predicted molar refractivity (Wildman–Crippen MR) is 86.0 cm³/mol. The van der Waals surface area contributed by atoms with Gasteiger partial charge in [0, 0.05) is 11.1 Å². The number of sulfone groups is 1. The number of carbonyl (C=O) groups excluding carboxylic acids is 1. The molecule has 1 fully saturated rings. The third-order valence-electron chi connectivity index (χ3n) is 3.61. The molecule has 0 unspecified atom stereocenters. The van der Waals surface area contributed by atoms with E-state index < -0.39 is 15.4 Å². The van der Waals surface area contributed by atoms with E-state index >= 15 is 0 Å². The topological polar surface area (TPSA) is 72.5 Å². The third-order valence-corrected chi connectivity index (χ3v) is 5.56. The fourth-order valence-electron chi connectivity index (χ4n) is 2.27. The molecule has 0 radical (unpaired) electrons. The lowest BCUT2D eigenvalue weighted by molar-refractivity contribution is -0.135. The first-order valence-corrected chi connectivity index (χ1v) is 9.34. The van der Waals surface area contributed by atoms with E-state index in [1.54, 1.807) is 38.1 Å². The molecule has 1 N–H and O–H groups in total. The van der Waals surface area contributed by atoms with Crippen molar-refractivity contribution in [2.75, 3.05) is 11.5 Å². The highest BCUT2D eigenvalue weighted by molar-refractivity contribution is 7.91. The Labute approximate surface area is 135 Å². The maximum Gasteiger partial charge on any atom is 0.263 e. The molecule has 0 aromatic heterocycles. The van der Waals surface area contributed by atoms with Gasteiger partial charge in [0.15, 0.2) is 5.60 Å². The maximum absolute atomic E-state index is 12.4. The number of hydrogen-bond donors (Lipinski definition) is 1. The molecule has 1 aromatic carbocycles. The van der Waals surface area contributed by atoms with Crippen molar-refractivity contribution < 1.29 is 17.9 Å². The molecule has 0 spiro atoms. The molecule has 22 heavy (non-hydrogen) atoms. The zero-order valence-corrected chi connectivity index (χ0v) is 14.2. The van der Waals surface area contributed by atoms with Crippen LogP contribution in [-0.2, 0) is 14.6 Å². The maximum atomic E-state index is 12.4. The second-order valence-electron chi connectivity index (χ2n) is 5.97. The van der Waals surface area contributed by atoms with Crippen LogP contribution in [0.4, 0.5) is 0 Å². The Bertz CT molecular complexity index is 643. The molecule has 1 heterocycles. The Kier molecular flexibility index (Phi) is 5.02. The van der Waals surface area contributed by atoms with E-state index in [1.165, 1.54) is 0 Å². The molecule has 1 aromatic rings. The second kappa shape index (κ2) is 6.46. The van der Waals surface area contributed by atoms with Crippen LogP contribution in [0.1, 0.15) is 26.7 Å². The average Bonchev–Trinajstić information content (AvgIpc) is 2.40. The number of amides is 1. The summed E-state index contributed by atoms with van der Waals surface area (Å²) in [6.45, 7) is 3.34. The largest absolute Gasteiger partial charge is 0.478 e. The monoisotopic (exact) mass is 345 g/mol. The smallest absolute Gasteiger partial charge is 0.263 e. The summed E-state index contributed by atoms with van der Waals surface area (Å²) in [5, 5.41) is 3.40.